The van der Waals surface area contributed by atoms with Crippen molar-refractivity contribution in [3.05, 3.63) is 18.9 Å². The van der Waals surface area contributed by atoms with Crippen LogP contribution in [0.4, 0.5) is 0 Å². The van der Waals surface area contributed by atoms with Gasteiger partial charge >= 0.3 is 0 Å². The highest BCUT2D eigenvalue weighted by Gasteiger charge is 2.07. The van der Waals surface area contributed by atoms with Crippen molar-refractivity contribution in [1.29, 1.82) is 0 Å². The summed E-state index contributed by atoms with van der Waals surface area (Å²) in [4.78, 5) is 11.3. The van der Waals surface area contributed by atoms with Gasteiger partial charge in [-0.05, 0) is 0 Å². The van der Waals surface area contributed by atoms with Gasteiger partial charge in [0.1, 0.15) is 18.3 Å². The second-order valence-electron chi connectivity index (χ2n) is 1.82. The molecule has 0 atom stereocenters. The van der Waals surface area contributed by atoms with E-state index in [1.807, 2.05) is 0 Å². The van der Waals surface area contributed by atoms with Crippen LogP contribution in [0.15, 0.2) is 18.9 Å². The quantitative estimate of drug-likeness (QED) is 0.518. The molecule has 0 radical (unpaired) electrons. The number of hydrogen-bond donors (Lipinski definition) is 1. The van der Waals surface area contributed by atoms with Crippen molar-refractivity contribution in [2.24, 2.45) is 0 Å². The van der Waals surface area contributed by atoms with E-state index in [1.165, 1.54) is 18.9 Å². The van der Waals surface area contributed by atoms with Crippen LogP contribution in [-0.4, -0.2) is 24.9 Å². The third-order valence-corrected chi connectivity index (χ3v) is 1.20. The van der Waals surface area contributed by atoms with Gasteiger partial charge in [-0.1, -0.05) is 0 Å². The molecule has 0 aromatic heterocycles. The highest BCUT2D eigenvalue weighted by atomic mass is 16.5. The normalized spacial score (nSPS) is 10.4. The summed E-state index contributed by atoms with van der Waals surface area (Å²) in [6, 6.07) is 0. The van der Waals surface area contributed by atoms with Gasteiger partial charge < -0.3 is 5.21 Å². The maximum Gasteiger partial charge on any atom is 0.198 e. The minimum Gasteiger partial charge on any atom is -0.425 e. The molecule has 10 heavy (non-hydrogen) atoms. The Balaban J connectivity index is 2.80. The van der Waals surface area contributed by atoms with E-state index in [0.29, 0.717) is 11.5 Å². The van der Waals surface area contributed by atoms with Crippen LogP contribution >= 0.6 is 0 Å². The largest absolute Gasteiger partial charge is 0.425 e. The summed E-state index contributed by atoms with van der Waals surface area (Å²) >= 11 is 0. The molecule has 0 saturated carbocycles. The number of rotatable bonds is 0. The van der Waals surface area contributed by atoms with Crippen molar-refractivity contribution < 1.29 is 5.21 Å². The van der Waals surface area contributed by atoms with Gasteiger partial charge in [-0.2, -0.15) is 4.73 Å². The fourth-order valence-electron chi connectivity index (χ4n) is 0.759. The molecule has 5 nitrogen and oxygen atoms in total. The lowest BCUT2D eigenvalue weighted by molar-refractivity contribution is 0.183. The lowest BCUT2D eigenvalue weighted by atomic mass is 10.4. The van der Waals surface area contributed by atoms with Crippen LogP contribution in [0.2, 0.25) is 0 Å². The fourth-order valence-corrected chi connectivity index (χ4v) is 0.759. The van der Waals surface area contributed by atoms with Gasteiger partial charge in [0, 0.05) is 0 Å². The average molecular weight is 136 g/mol. The predicted molar refractivity (Wildman–Crippen MR) is 31.6 cm³/mol. The molecule has 0 fully saturated rings. The molecular weight excluding hydrogens is 132 g/mol. The minimum atomic E-state index is 0.426. The topological polar surface area (TPSA) is 63.8 Å². The molecule has 50 valence electrons. The molecule has 2 aliphatic rings. The van der Waals surface area contributed by atoms with Crippen molar-refractivity contribution in [3.63, 3.8) is 0 Å². The van der Waals surface area contributed by atoms with Crippen LogP contribution in [0.25, 0.3) is 11.5 Å². The molecule has 5 heteroatoms. The Morgan fingerprint density at radius 2 is 2.30 bits per heavy atom. The second-order valence-corrected chi connectivity index (χ2v) is 1.82. The first kappa shape index (κ1) is 5.16. The highest BCUT2D eigenvalue weighted by Crippen LogP contribution is 2.11. The van der Waals surface area contributed by atoms with Gasteiger partial charge in [0.05, 0.1) is 6.20 Å². The summed E-state index contributed by atoms with van der Waals surface area (Å²) in [7, 11) is 0. The molecule has 2 heterocycles. The van der Waals surface area contributed by atoms with Crippen molar-refractivity contribution in [2.45, 2.75) is 0 Å². The molecule has 2 rings (SSSR count). The molecule has 0 amide bonds. The molecule has 2 aliphatic heterocycles. The van der Waals surface area contributed by atoms with E-state index in [-0.39, 0.29) is 0 Å². The van der Waals surface area contributed by atoms with Crippen LogP contribution in [0.1, 0.15) is 0 Å². The third-order valence-electron chi connectivity index (χ3n) is 1.20. The highest BCUT2D eigenvalue weighted by molar-refractivity contribution is 5.47. The smallest absolute Gasteiger partial charge is 0.198 e. The van der Waals surface area contributed by atoms with Crippen LogP contribution in [0.3, 0.4) is 0 Å². The van der Waals surface area contributed by atoms with Crippen LogP contribution in [-0.2, 0) is 0 Å². The van der Waals surface area contributed by atoms with Gasteiger partial charge in [0.15, 0.2) is 5.82 Å². The summed E-state index contributed by atoms with van der Waals surface area (Å²) in [6.45, 7) is 0. The van der Waals surface area contributed by atoms with Gasteiger partial charge in [-0.15, -0.1) is 0 Å². The Morgan fingerprint density at radius 3 is 3.10 bits per heavy atom. The van der Waals surface area contributed by atoms with E-state index in [9.17, 15) is 0 Å². The first-order chi connectivity index (χ1) is 4.88. The van der Waals surface area contributed by atoms with Crippen molar-refractivity contribution in [3.8, 4) is 11.5 Å². The van der Waals surface area contributed by atoms with Crippen LogP contribution in [0, 0.1) is 0 Å². The lowest BCUT2D eigenvalue weighted by Crippen LogP contribution is -1.99. The second kappa shape index (κ2) is 1.66. The Bertz CT molecular complexity index is 318. The zero-order valence-corrected chi connectivity index (χ0v) is 4.97. The molecule has 0 aliphatic carbocycles. The van der Waals surface area contributed by atoms with E-state index in [1.54, 1.807) is 0 Å². The number of imidazole rings is 1. The van der Waals surface area contributed by atoms with Gasteiger partial charge in [-0.3, -0.25) is 0 Å². The molecule has 0 spiro atoms. The number of hydrogen-bond acceptors (Lipinski definition) is 4. The lowest BCUT2D eigenvalue weighted by Gasteiger charge is -1.98. The molecule has 0 aromatic rings. The summed E-state index contributed by atoms with van der Waals surface area (Å²) in [5.74, 6) is 0.426. The fraction of sp³-hybridized carbons (Fsp3) is 0. The average Bonchev–Trinajstić information content (AvgIpc) is 2.36. The first-order valence-corrected chi connectivity index (χ1v) is 2.70. The Hall–Kier alpha value is -1.65. The number of aromatic nitrogens is 4. The Morgan fingerprint density at radius 1 is 1.40 bits per heavy atom. The van der Waals surface area contributed by atoms with E-state index in [2.05, 4.69) is 15.0 Å². The summed E-state index contributed by atoms with van der Waals surface area (Å²) in [6.07, 6.45) is 4.17. The first-order valence-electron chi connectivity index (χ1n) is 2.70. The Labute approximate surface area is 56.3 Å². The van der Waals surface area contributed by atoms with E-state index >= 15 is 0 Å². The van der Waals surface area contributed by atoms with Crippen molar-refractivity contribution in [2.75, 3.05) is 0 Å². The third kappa shape index (κ3) is 0.540. The van der Waals surface area contributed by atoms with Crippen molar-refractivity contribution >= 4 is 0 Å². The minimum absolute atomic E-state index is 0.426. The van der Waals surface area contributed by atoms with E-state index in [4.69, 9.17) is 5.21 Å². The molecule has 0 saturated heterocycles. The van der Waals surface area contributed by atoms with E-state index < -0.39 is 0 Å². The monoisotopic (exact) mass is 136 g/mol. The standard InChI is InChI=1S/C5H4N4O/c10-9-3-6-1-4-5(9)8-2-7-4/h1-3,10H. The maximum absolute atomic E-state index is 9.01. The molecule has 1 N–H and O–H groups in total. The van der Waals surface area contributed by atoms with Crippen LogP contribution < -0.4 is 0 Å². The zero-order chi connectivity index (χ0) is 6.97. The summed E-state index contributed by atoms with van der Waals surface area (Å²) in [5, 5.41) is 9.01. The molecule has 0 aromatic carbocycles. The summed E-state index contributed by atoms with van der Waals surface area (Å²) < 4.78 is 0.836. The molecule has 0 unspecified atom stereocenters. The van der Waals surface area contributed by atoms with Gasteiger partial charge in [0.25, 0.3) is 0 Å². The Kier molecular flexibility index (Phi) is 0.858. The van der Waals surface area contributed by atoms with Gasteiger partial charge in [-0.25, -0.2) is 15.0 Å². The molecular formula is C5H4N4O. The van der Waals surface area contributed by atoms with Crippen molar-refractivity contribution in [1.82, 2.24) is 19.7 Å². The molecule has 0 bridgehead atoms. The number of nitrogens with zero attached hydrogens (tertiary/aromatic N) is 4. The zero-order valence-electron chi connectivity index (χ0n) is 4.97. The SMILES string of the molecule is On1cncc2ncnc1-2. The number of fused-ring (bicyclic) bond motifs is 1. The predicted octanol–water partition coefficient (Wildman–Crippen LogP) is 0.0152. The maximum atomic E-state index is 9.01. The van der Waals surface area contributed by atoms with Gasteiger partial charge in [0.2, 0.25) is 0 Å². The van der Waals surface area contributed by atoms with Crippen LogP contribution in [0.5, 0.6) is 0 Å². The summed E-state index contributed by atoms with van der Waals surface area (Å²) in [5.41, 5.74) is 0.588. The van der Waals surface area contributed by atoms with E-state index in [0.717, 1.165) is 4.73 Å².